The number of benzene rings is 2. The molecule has 0 saturated heterocycles. The van der Waals surface area contributed by atoms with Gasteiger partial charge in [0, 0.05) is 6.07 Å². The first-order valence-corrected chi connectivity index (χ1v) is 10.3. The third-order valence-electron chi connectivity index (χ3n) is 3.90. The van der Waals surface area contributed by atoms with Crippen LogP contribution in [-0.2, 0) is 10.0 Å². The Morgan fingerprint density at radius 1 is 1.00 bits per heavy atom. The molecule has 0 aliphatic rings. The highest BCUT2D eigenvalue weighted by molar-refractivity contribution is 7.92. The molecule has 0 radical (unpaired) electrons. The van der Waals surface area contributed by atoms with Gasteiger partial charge in [-0.25, -0.2) is 8.42 Å². The zero-order valence-electron chi connectivity index (χ0n) is 15.2. The third-order valence-corrected chi connectivity index (χ3v) is 6.05. The van der Waals surface area contributed by atoms with Crippen LogP contribution in [0.15, 0.2) is 58.4 Å². The number of halogens is 2. The molecule has 2 aromatic carbocycles. The lowest BCUT2D eigenvalue weighted by molar-refractivity contribution is 0.355. The lowest BCUT2D eigenvalue weighted by Gasteiger charge is -2.12. The van der Waals surface area contributed by atoms with Gasteiger partial charge in [-0.15, -0.1) is 0 Å². The summed E-state index contributed by atoms with van der Waals surface area (Å²) in [5.41, 5.74) is 0.0194. The van der Waals surface area contributed by atoms with Gasteiger partial charge in [0.2, 0.25) is 0 Å². The number of anilines is 1. The maximum absolute atomic E-state index is 12.7. The standard InChI is InChI=1S/C18H15Cl2N3O5S/c1-27-15-8-3-11(9-16(15)28-2)22-29(25,26)13-6-4-12(5-7-13)23-18(24)17(20)14(19)10-21-23/h3-10,22H,1-2H3. The summed E-state index contributed by atoms with van der Waals surface area (Å²) in [6.07, 6.45) is 1.23. The molecule has 0 bridgehead atoms. The number of hydrogen-bond acceptors (Lipinski definition) is 6. The van der Waals surface area contributed by atoms with Gasteiger partial charge in [0.15, 0.2) is 11.5 Å². The van der Waals surface area contributed by atoms with Crippen LogP contribution in [0, 0.1) is 0 Å². The van der Waals surface area contributed by atoms with Gasteiger partial charge in [0.05, 0.1) is 41.7 Å². The summed E-state index contributed by atoms with van der Waals surface area (Å²) in [6.45, 7) is 0. The van der Waals surface area contributed by atoms with Crippen LogP contribution in [0.25, 0.3) is 5.69 Å². The smallest absolute Gasteiger partial charge is 0.291 e. The number of rotatable bonds is 6. The van der Waals surface area contributed by atoms with Crippen LogP contribution in [-0.4, -0.2) is 32.4 Å². The quantitative estimate of drug-likeness (QED) is 0.611. The minimum Gasteiger partial charge on any atom is -0.493 e. The SMILES string of the molecule is COc1ccc(NS(=O)(=O)c2ccc(-n3ncc(Cl)c(Cl)c3=O)cc2)cc1OC. The molecular weight excluding hydrogens is 441 g/mol. The average molecular weight is 456 g/mol. The van der Waals surface area contributed by atoms with Gasteiger partial charge in [-0.1, -0.05) is 23.2 Å². The average Bonchev–Trinajstić information content (AvgIpc) is 2.72. The molecule has 1 N–H and O–H groups in total. The summed E-state index contributed by atoms with van der Waals surface area (Å²) < 4.78 is 39.1. The molecule has 152 valence electrons. The van der Waals surface area contributed by atoms with Gasteiger partial charge in [-0.2, -0.15) is 9.78 Å². The number of nitrogens with one attached hydrogen (secondary N) is 1. The molecule has 3 aromatic rings. The largest absolute Gasteiger partial charge is 0.493 e. The van der Waals surface area contributed by atoms with E-state index in [1.165, 1.54) is 50.7 Å². The molecule has 0 saturated carbocycles. The second kappa shape index (κ2) is 8.32. The summed E-state index contributed by atoms with van der Waals surface area (Å²) >= 11 is 11.6. The Morgan fingerprint density at radius 2 is 1.66 bits per heavy atom. The van der Waals surface area contributed by atoms with Crippen molar-refractivity contribution in [2.75, 3.05) is 18.9 Å². The second-order valence-corrected chi connectivity index (χ2v) is 8.16. The van der Waals surface area contributed by atoms with E-state index in [-0.39, 0.29) is 14.9 Å². The van der Waals surface area contributed by atoms with Crippen molar-refractivity contribution in [3.63, 3.8) is 0 Å². The van der Waals surface area contributed by atoms with Gasteiger partial charge in [0.1, 0.15) is 5.02 Å². The van der Waals surface area contributed by atoms with E-state index in [1.807, 2.05) is 0 Å². The zero-order chi connectivity index (χ0) is 21.2. The van der Waals surface area contributed by atoms with Crippen molar-refractivity contribution < 1.29 is 17.9 Å². The topological polar surface area (TPSA) is 99.5 Å². The second-order valence-electron chi connectivity index (χ2n) is 5.69. The molecule has 0 amide bonds. The molecule has 11 heteroatoms. The van der Waals surface area contributed by atoms with Crippen molar-refractivity contribution in [3.05, 3.63) is 69.1 Å². The fourth-order valence-electron chi connectivity index (χ4n) is 2.48. The van der Waals surface area contributed by atoms with Crippen LogP contribution < -0.4 is 19.8 Å². The Bertz CT molecular complexity index is 1210. The molecule has 0 aliphatic carbocycles. The Kier molecular flexibility index (Phi) is 6.02. The van der Waals surface area contributed by atoms with E-state index >= 15 is 0 Å². The van der Waals surface area contributed by atoms with E-state index in [4.69, 9.17) is 32.7 Å². The predicted molar refractivity (Wildman–Crippen MR) is 110 cm³/mol. The van der Waals surface area contributed by atoms with Crippen LogP contribution in [0.5, 0.6) is 11.5 Å². The highest BCUT2D eigenvalue weighted by Gasteiger charge is 2.16. The Balaban J connectivity index is 1.89. The van der Waals surface area contributed by atoms with Crippen molar-refractivity contribution in [3.8, 4) is 17.2 Å². The van der Waals surface area contributed by atoms with Crippen molar-refractivity contribution in [1.29, 1.82) is 0 Å². The Morgan fingerprint density at radius 3 is 2.28 bits per heavy atom. The minimum atomic E-state index is -3.88. The molecule has 0 atom stereocenters. The molecule has 0 unspecified atom stereocenters. The maximum Gasteiger partial charge on any atom is 0.291 e. The van der Waals surface area contributed by atoms with Crippen LogP contribution in [0.3, 0.4) is 0 Å². The van der Waals surface area contributed by atoms with Crippen LogP contribution in [0.4, 0.5) is 5.69 Å². The van der Waals surface area contributed by atoms with Gasteiger partial charge >= 0.3 is 0 Å². The highest BCUT2D eigenvalue weighted by atomic mass is 35.5. The lowest BCUT2D eigenvalue weighted by atomic mass is 10.3. The first kappa shape index (κ1) is 21.0. The monoisotopic (exact) mass is 455 g/mol. The fourth-order valence-corrected chi connectivity index (χ4v) is 3.78. The lowest BCUT2D eigenvalue weighted by Crippen LogP contribution is -2.21. The zero-order valence-corrected chi connectivity index (χ0v) is 17.5. The van der Waals surface area contributed by atoms with E-state index in [2.05, 4.69) is 9.82 Å². The number of ether oxygens (including phenoxy) is 2. The summed E-state index contributed by atoms with van der Waals surface area (Å²) in [5, 5.41) is 3.76. The van der Waals surface area contributed by atoms with Gasteiger partial charge < -0.3 is 9.47 Å². The summed E-state index contributed by atoms with van der Waals surface area (Å²) in [7, 11) is -0.948. The van der Waals surface area contributed by atoms with E-state index in [9.17, 15) is 13.2 Å². The predicted octanol–water partition coefficient (Wildman–Crippen LogP) is 3.36. The Labute approximate surface area is 176 Å². The van der Waals surface area contributed by atoms with Crippen LogP contribution in [0.2, 0.25) is 10.0 Å². The van der Waals surface area contributed by atoms with E-state index in [0.717, 1.165) is 4.68 Å². The van der Waals surface area contributed by atoms with Crippen LogP contribution >= 0.6 is 23.2 Å². The number of methoxy groups -OCH3 is 2. The minimum absolute atomic E-state index is 0.0101. The molecule has 0 fully saturated rings. The number of hydrogen-bond donors (Lipinski definition) is 1. The first-order valence-electron chi connectivity index (χ1n) is 8.05. The number of nitrogens with zero attached hydrogens (tertiary/aromatic N) is 2. The number of sulfonamides is 1. The van der Waals surface area contributed by atoms with Crippen molar-refractivity contribution in [2.24, 2.45) is 0 Å². The molecule has 1 heterocycles. The van der Waals surface area contributed by atoms with Gasteiger partial charge in [-0.3, -0.25) is 9.52 Å². The highest BCUT2D eigenvalue weighted by Crippen LogP contribution is 2.30. The third kappa shape index (κ3) is 4.31. The van der Waals surface area contributed by atoms with Crippen molar-refractivity contribution >= 4 is 38.9 Å². The van der Waals surface area contributed by atoms with Crippen molar-refractivity contribution in [2.45, 2.75) is 4.90 Å². The van der Waals surface area contributed by atoms with Crippen LogP contribution in [0.1, 0.15) is 0 Å². The van der Waals surface area contributed by atoms with E-state index in [1.54, 1.807) is 12.1 Å². The maximum atomic E-state index is 12.7. The molecular formula is C18H15Cl2N3O5S. The van der Waals surface area contributed by atoms with Gasteiger partial charge in [0.25, 0.3) is 15.6 Å². The summed E-state index contributed by atoms with van der Waals surface area (Å²) in [6, 6.07) is 10.2. The molecule has 0 aliphatic heterocycles. The molecule has 8 nitrogen and oxygen atoms in total. The summed E-state index contributed by atoms with van der Waals surface area (Å²) in [4.78, 5) is 12.1. The normalized spacial score (nSPS) is 11.2. The summed E-state index contributed by atoms with van der Waals surface area (Å²) in [5.74, 6) is 0.854. The van der Waals surface area contributed by atoms with E-state index in [0.29, 0.717) is 22.9 Å². The fraction of sp³-hybridized carbons (Fsp3) is 0.111. The molecule has 29 heavy (non-hydrogen) atoms. The molecule has 3 rings (SSSR count). The van der Waals surface area contributed by atoms with Crippen molar-refractivity contribution in [1.82, 2.24) is 9.78 Å². The Hall–Kier alpha value is -2.75. The molecule has 1 aromatic heterocycles. The first-order chi connectivity index (χ1) is 13.8. The number of aromatic nitrogens is 2. The molecule has 0 spiro atoms. The van der Waals surface area contributed by atoms with Gasteiger partial charge in [-0.05, 0) is 36.4 Å². The van der Waals surface area contributed by atoms with E-state index < -0.39 is 15.6 Å².